The van der Waals surface area contributed by atoms with Gasteiger partial charge in [0.05, 0.1) is 0 Å². The molecule has 1 aliphatic carbocycles. The Labute approximate surface area is 134 Å². The standard InChI is InChI=1S/C18H28N2S/c1-13(2)10-11-20(15-6-4-5-7-15)17-12-14(3)8-9-16(17)18(19)21/h8-9,12-13,15H,4-7,10-11H2,1-3H3,(H2,19,21). The third kappa shape index (κ3) is 4.19. The Hall–Kier alpha value is -1.09. The fourth-order valence-electron chi connectivity index (χ4n) is 3.20. The van der Waals surface area contributed by atoms with Crippen LogP contribution < -0.4 is 10.6 Å². The number of hydrogen-bond acceptors (Lipinski definition) is 2. The molecular weight excluding hydrogens is 276 g/mol. The lowest BCUT2D eigenvalue weighted by Crippen LogP contribution is -2.36. The quantitative estimate of drug-likeness (QED) is 0.789. The number of aryl methyl sites for hydroxylation is 1. The average molecular weight is 305 g/mol. The molecule has 0 aromatic heterocycles. The molecule has 21 heavy (non-hydrogen) atoms. The Morgan fingerprint density at radius 2 is 2.00 bits per heavy atom. The Morgan fingerprint density at radius 3 is 2.57 bits per heavy atom. The first-order valence-corrected chi connectivity index (χ1v) is 8.57. The number of rotatable bonds is 6. The van der Waals surface area contributed by atoms with E-state index in [2.05, 4.69) is 43.9 Å². The summed E-state index contributed by atoms with van der Waals surface area (Å²) in [6.07, 6.45) is 6.49. The van der Waals surface area contributed by atoms with Crippen molar-refractivity contribution in [2.75, 3.05) is 11.4 Å². The molecular formula is C18H28N2S. The summed E-state index contributed by atoms with van der Waals surface area (Å²) in [6.45, 7) is 7.82. The summed E-state index contributed by atoms with van der Waals surface area (Å²) < 4.78 is 0. The molecule has 2 N–H and O–H groups in total. The van der Waals surface area contributed by atoms with Gasteiger partial charge in [-0.15, -0.1) is 0 Å². The predicted molar refractivity (Wildman–Crippen MR) is 96.1 cm³/mol. The van der Waals surface area contributed by atoms with Gasteiger partial charge in [0, 0.05) is 23.8 Å². The van der Waals surface area contributed by atoms with Crippen molar-refractivity contribution in [1.82, 2.24) is 0 Å². The molecule has 0 aliphatic heterocycles. The van der Waals surface area contributed by atoms with Crippen molar-refractivity contribution in [1.29, 1.82) is 0 Å². The first kappa shape index (κ1) is 16.3. The van der Waals surface area contributed by atoms with E-state index in [9.17, 15) is 0 Å². The smallest absolute Gasteiger partial charge is 0.106 e. The highest BCUT2D eigenvalue weighted by Gasteiger charge is 2.25. The van der Waals surface area contributed by atoms with Gasteiger partial charge < -0.3 is 10.6 Å². The van der Waals surface area contributed by atoms with Crippen molar-refractivity contribution in [3.8, 4) is 0 Å². The minimum Gasteiger partial charge on any atom is -0.389 e. The second kappa shape index (κ2) is 7.26. The number of nitrogens with zero attached hydrogens (tertiary/aromatic N) is 1. The number of thiocarbonyl (C=S) groups is 1. The van der Waals surface area contributed by atoms with Crippen molar-refractivity contribution in [3.05, 3.63) is 29.3 Å². The molecule has 0 amide bonds. The van der Waals surface area contributed by atoms with Crippen LogP contribution >= 0.6 is 12.2 Å². The van der Waals surface area contributed by atoms with E-state index in [0.29, 0.717) is 16.9 Å². The summed E-state index contributed by atoms with van der Waals surface area (Å²) in [4.78, 5) is 3.09. The molecule has 1 aromatic rings. The van der Waals surface area contributed by atoms with E-state index in [1.54, 1.807) is 0 Å². The van der Waals surface area contributed by atoms with Crippen LogP contribution in [0.15, 0.2) is 18.2 Å². The molecule has 0 spiro atoms. The first-order chi connectivity index (χ1) is 9.99. The van der Waals surface area contributed by atoms with Crippen molar-refractivity contribution < 1.29 is 0 Å². The van der Waals surface area contributed by atoms with Gasteiger partial charge in [-0.1, -0.05) is 45.0 Å². The van der Waals surface area contributed by atoms with E-state index in [1.165, 1.54) is 43.4 Å². The SMILES string of the molecule is Cc1ccc(C(N)=S)c(N(CCC(C)C)C2CCCC2)c1. The zero-order chi connectivity index (χ0) is 15.4. The normalized spacial score (nSPS) is 15.6. The molecule has 1 aliphatic rings. The highest BCUT2D eigenvalue weighted by Crippen LogP contribution is 2.32. The molecule has 116 valence electrons. The summed E-state index contributed by atoms with van der Waals surface area (Å²) in [7, 11) is 0. The molecule has 0 bridgehead atoms. The van der Waals surface area contributed by atoms with Crippen molar-refractivity contribution in [2.24, 2.45) is 11.7 Å². The van der Waals surface area contributed by atoms with Crippen LogP contribution in [0.1, 0.15) is 57.1 Å². The lowest BCUT2D eigenvalue weighted by Gasteiger charge is -2.33. The summed E-state index contributed by atoms with van der Waals surface area (Å²) in [5.41, 5.74) is 9.52. The van der Waals surface area contributed by atoms with Crippen LogP contribution in [0.5, 0.6) is 0 Å². The van der Waals surface area contributed by atoms with Gasteiger partial charge in [-0.25, -0.2) is 0 Å². The van der Waals surface area contributed by atoms with Crippen molar-refractivity contribution in [3.63, 3.8) is 0 Å². The molecule has 3 heteroatoms. The molecule has 0 heterocycles. The first-order valence-electron chi connectivity index (χ1n) is 8.16. The Bertz CT molecular complexity index is 490. The third-order valence-corrected chi connectivity index (χ3v) is 4.66. The van der Waals surface area contributed by atoms with Gasteiger partial charge in [0.2, 0.25) is 0 Å². The van der Waals surface area contributed by atoms with Crippen LogP contribution in [0.25, 0.3) is 0 Å². The lowest BCUT2D eigenvalue weighted by molar-refractivity contribution is 0.528. The van der Waals surface area contributed by atoms with E-state index in [-0.39, 0.29) is 0 Å². The van der Waals surface area contributed by atoms with Gasteiger partial charge >= 0.3 is 0 Å². The van der Waals surface area contributed by atoms with Crippen LogP contribution in [0.3, 0.4) is 0 Å². The zero-order valence-corrected chi connectivity index (χ0v) is 14.4. The number of nitrogens with two attached hydrogens (primary N) is 1. The molecule has 0 atom stereocenters. The van der Waals surface area contributed by atoms with Crippen LogP contribution in [0.4, 0.5) is 5.69 Å². The van der Waals surface area contributed by atoms with Gasteiger partial charge in [-0.3, -0.25) is 0 Å². The second-order valence-corrected chi connectivity index (χ2v) is 7.14. The minimum absolute atomic E-state index is 0.512. The van der Waals surface area contributed by atoms with E-state index in [0.717, 1.165) is 12.1 Å². The Morgan fingerprint density at radius 1 is 1.33 bits per heavy atom. The highest BCUT2D eigenvalue weighted by molar-refractivity contribution is 7.80. The van der Waals surface area contributed by atoms with E-state index >= 15 is 0 Å². The monoisotopic (exact) mass is 304 g/mol. The largest absolute Gasteiger partial charge is 0.389 e. The molecule has 2 rings (SSSR count). The van der Waals surface area contributed by atoms with Gasteiger partial charge in [0.15, 0.2) is 0 Å². The van der Waals surface area contributed by atoms with Gasteiger partial charge in [0.25, 0.3) is 0 Å². The minimum atomic E-state index is 0.512. The molecule has 0 unspecified atom stereocenters. The number of benzene rings is 1. The highest BCUT2D eigenvalue weighted by atomic mass is 32.1. The number of anilines is 1. The van der Waals surface area contributed by atoms with Crippen LogP contribution in [-0.2, 0) is 0 Å². The molecule has 0 saturated heterocycles. The van der Waals surface area contributed by atoms with Crippen LogP contribution in [-0.4, -0.2) is 17.6 Å². The third-order valence-electron chi connectivity index (χ3n) is 4.44. The van der Waals surface area contributed by atoms with Crippen LogP contribution in [0.2, 0.25) is 0 Å². The maximum Gasteiger partial charge on any atom is 0.106 e. The second-order valence-electron chi connectivity index (χ2n) is 6.70. The Kier molecular flexibility index (Phi) is 5.63. The van der Waals surface area contributed by atoms with Gasteiger partial charge in [0.1, 0.15) is 4.99 Å². The molecule has 1 fully saturated rings. The Balaban J connectivity index is 2.34. The summed E-state index contributed by atoms with van der Waals surface area (Å²) in [5, 5.41) is 0. The zero-order valence-electron chi connectivity index (χ0n) is 13.6. The van der Waals surface area contributed by atoms with Crippen molar-refractivity contribution >= 4 is 22.9 Å². The molecule has 1 aromatic carbocycles. The maximum absolute atomic E-state index is 5.96. The van der Waals surface area contributed by atoms with Gasteiger partial charge in [-0.05, 0) is 49.8 Å². The summed E-state index contributed by atoms with van der Waals surface area (Å²) in [6, 6.07) is 7.10. The summed E-state index contributed by atoms with van der Waals surface area (Å²) >= 11 is 5.27. The predicted octanol–water partition coefficient (Wildman–Crippen LogP) is 4.42. The molecule has 1 saturated carbocycles. The van der Waals surface area contributed by atoms with E-state index < -0.39 is 0 Å². The fourth-order valence-corrected chi connectivity index (χ4v) is 3.37. The summed E-state index contributed by atoms with van der Waals surface area (Å²) in [5.74, 6) is 0.715. The maximum atomic E-state index is 5.96. The topological polar surface area (TPSA) is 29.3 Å². The lowest BCUT2D eigenvalue weighted by atomic mass is 10.0. The molecule has 0 radical (unpaired) electrons. The van der Waals surface area contributed by atoms with Gasteiger partial charge in [-0.2, -0.15) is 0 Å². The van der Waals surface area contributed by atoms with E-state index in [4.69, 9.17) is 18.0 Å². The van der Waals surface area contributed by atoms with Crippen LogP contribution in [0, 0.1) is 12.8 Å². The fraction of sp³-hybridized carbons (Fsp3) is 0.611. The van der Waals surface area contributed by atoms with E-state index in [1.807, 2.05) is 0 Å². The average Bonchev–Trinajstić information content (AvgIpc) is 2.92. The van der Waals surface area contributed by atoms with Crippen molar-refractivity contribution in [2.45, 2.75) is 58.9 Å². The number of hydrogen-bond donors (Lipinski definition) is 1. The molecule has 2 nitrogen and oxygen atoms in total.